The lowest BCUT2D eigenvalue weighted by atomic mass is 9.99. The quantitative estimate of drug-likeness (QED) is 0.764. The Kier molecular flexibility index (Phi) is 5.46. The molecule has 1 aromatic rings. The molecular weight excluding hydrogens is 362 g/mol. The zero-order valence-electron chi connectivity index (χ0n) is 17.9. The van der Waals surface area contributed by atoms with Crippen LogP contribution in [0.2, 0.25) is 0 Å². The Hall–Kier alpha value is -1.69. The number of fused-ring (bicyclic) bond motifs is 1. The molecule has 1 amide bonds. The van der Waals surface area contributed by atoms with Gasteiger partial charge in [-0.3, -0.25) is 9.69 Å². The van der Waals surface area contributed by atoms with Gasteiger partial charge < -0.3 is 9.80 Å². The highest BCUT2D eigenvalue weighted by atomic mass is 16.2. The molecule has 4 heterocycles. The molecule has 4 aliphatic rings. The Morgan fingerprint density at radius 2 is 1.76 bits per heavy atom. The fourth-order valence-electron chi connectivity index (χ4n) is 5.37. The lowest BCUT2D eigenvalue weighted by molar-refractivity contribution is -0.136. The topological polar surface area (TPSA) is 52.6 Å². The van der Waals surface area contributed by atoms with E-state index in [0.717, 1.165) is 75.8 Å². The van der Waals surface area contributed by atoms with Gasteiger partial charge in [-0.15, -0.1) is 0 Å². The number of nitrogens with zero attached hydrogens (tertiary/aromatic N) is 5. The molecule has 0 aromatic carbocycles. The van der Waals surface area contributed by atoms with Crippen LogP contribution in [0.15, 0.2) is 0 Å². The smallest absolute Gasteiger partial charge is 0.237 e. The number of likely N-dealkylation sites (tertiary alicyclic amines) is 2. The first-order valence-electron chi connectivity index (χ1n) is 11.8. The molecule has 2 saturated heterocycles. The van der Waals surface area contributed by atoms with E-state index in [1.54, 1.807) is 0 Å². The normalized spacial score (nSPS) is 25.3. The summed E-state index contributed by atoms with van der Waals surface area (Å²) in [6, 6.07) is 0.0487. The summed E-state index contributed by atoms with van der Waals surface area (Å²) in [7, 11) is 0. The van der Waals surface area contributed by atoms with Gasteiger partial charge in [0.1, 0.15) is 5.82 Å². The Balaban J connectivity index is 1.40. The second kappa shape index (κ2) is 8.21. The maximum atomic E-state index is 13.1. The minimum Gasteiger partial charge on any atom is -0.356 e. The van der Waals surface area contributed by atoms with Gasteiger partial charge in [-0.05, 0) is 83.7 Å². The number of rotatable bonds is 5. The van der Waals surface area contributed by atoms with Gasteiger partial charge in [0.2, 0.25) is 5.91 Å². The van der Waals surface area contributed by atoms with Crippen molar-refractivity contribution < 1.29 is 4.79 Å². The number of piperidine rings is 1. The van der Waals surface area contributed by atoms with E-state index in [1.807, 2.05) is 0 Å². The van der Waals surface area contributed by atoms with Crippen molar-refractivity contribution in [3.8, 4) is 0 Å². The van der Waals surface area contributed by atoms with E-state index in [-0.39, 0.29) is 11.9 Å². The third-order valence-corrected chi connectivity index (χ3v) is 7.22. The molecule has 5 rings (SSSR count). The van der Waals surface area contributed by atoms with E-state index < -0.39 is 0 Å². The molecule has 0 spiro atoms. The zero-order chi connectivity index (χ0) is 19.8. The molecule has 0 unspecified atom stereocenters. The molecule has 1 aliphatic carbocycles. The molecule has 6 nitrogen and oxygen atoms in total. The lowest BCUT2D eigenvalue weighted by Gasteiger charge is -2.37. The van der Waals surface area contributed by atoms with Crippen LogP contribution in [0.4, 0.5) is 5.82 Å². The summed E-state index contributed by atoms with van der Waals surface area (Å²) < 4.78 is 0. The Bertz CT molecular complexity index is 756. The first kappa shape index (κ1) is 19.3. The number of hydrogen-bond donors (Lipinski definition) is 0. The molecule has 0 radical (unpaired) electrons. The third kappa shape index (κ3) is 4.14. The van der Waals surface area contributed by atoms with Gasteiger partial charge in [-0.2, -0.15) is 0 Å². The van der Waals surface area contributed by atoms with Crippen LogP contribution in [0, 0.1) is 12.8 Å². The summed E-state index contributed by atoms with van der Waals surface area (Å²) in [6.07, 6.45) is 10.7. The molecule has 3 aliphatic heterocycles. The van der Waals surface area contributed by atoms with Gasteiger partial charge in [0, 0.05) is 30.9 Å². The van der Waals surface area contributed by atoms with E-state index in [2.05, 4.69) is 21.6 Å². The molecule has 6 heteroatoms. The zero-order valence-corrected chi connectivity index (χ0v) is 17.9. The van der Waals surface area contributed by atoms with Crippen LogP contribution in [-0.4, -0.2) is 64.9 Å². The molecule has 3 fully saturated rings. The highest BCUT2D eigenvalue weighted by Gasteiger charge is 2.34. The van der Waals surface area contributed by atoms with Crippen molar-refractivity contribution >= 4 is 11.7 Å². The Labute approximate surface area is 174 Å². The van der Waals surface area contributed by atoms with Gasteiger partial charge in [0.25, 0.3) is 0 Å². The minimum absolute atomic E-state index is 0.0487. The highest BCUT2D eigenvalue weighted by Crippen LogP contribution is 2.36. The summed E-state index contributed by atoms with van der Waals surface area (Å²) in [6.45, 7) is 7.94. The van der Waals surface area contributed by atoms with Crippen molar-refractivity contribution in [2.24, 2.45) is 5.92 Å². The van der Waals surface area contributed by atoms with Gasteiger partial charge in [-0.1, -0.05) is 0 Å². The molecule has 1 saturated carbocycles. The van der Waals surface area contributed by atoms with Crippen LogP contribution < -0.4 is 4.90 Å². The van der Waals surface area contributed by atoms with Crippen LogP contribution in [0.25, 0.3) is 0 Å². The number of anilines is 1. The number of aryl methyl sites for hydroxylation is 1. The first-order valence-corrected chi connectivity index (χ1v) is 11.8. The van der Waals surface area contributed by atoms with Crippen molar-refractivity contribution in [1.29, 1.82) is 0 Å². The van der Waals surface area contributed by atoms with Gasteiger partial charge in [-0.25, -0.2) is 9.97 Å². The predicted molar refractivity (Wildman–Crippen MR) is 114 cm³/mol. The van der Waals surface area contributed by atoms with Gasteiger partial charge >= 0.3 is 0 Å². The second-order valence-corrected chi connectivity index (χ2v) is 9.54. The molecule has 158 valence electrons. The average Bonchev–Trinajstić information content (AvgIpc) is 3.41. The number of carbonyl (C=O) groups is 1. The SMILES string of the molecule is Cc1nc([C@@H]2CCCCN2C(=O)CN2CCCC2)nc2c1CCCN2CC1CC1. The maximum Gasteiger partial charge on any atom is 0.237 e. The van der Waals surface area contributed by atoms with Crippen LogP contribution in [-0.2, 0) is 11.2 Å². The fourth-order valence-corrected chi connectivity index (χ4v) is 5.37. The second-order valence-electron chi connectivity index (χ2n) is 9.54. The van der Waals surface area contributed by atoms with E-state index in [1.165, 1.54) is 43.5 Å². The standard InChI is InChI=1S/C23H35N5O/c1-17-19-7-6-13-27(15-18-9-10-18)23(19)25-22(24-17)20-8-2-3-14-28(20)21(29)16-26-11-4-5-12-26/h18,20H,2-16H2,1H3/t20-/m0/s1. The number of amides is 1. The molecular formula is C23H35N5O. The van der Waals surface area contributed by atoms with Crippen LogP contribution in [0.3, 0.4) is 0 Å². The van der Waals surface area contributed by atoms with Crippen LogP contribution in [0.5, 0.6) is 0 Å². The van der Waals surface area contributed by atoms with Gasteiger partial charge in [0.05, 0.1) is 12.6 Å². The number of hydrogen-bond acceptors (Lipinski definition) is 5. The number of aromatic nitrogens is 2. The summed E-state index contributed by atoms with van der Waals surface area (Å²) >= 11 is 0. The Morgan fingerprint density at radius 3 is 2.55 bits per heavy atom. The summed E-state index contributed by atoms with van der Waals surface area (Å²) in [5.41, 5.74) is 2.47. The molecule has 1 aromatic heterocycles. The summed E-state index contributed by atoms with van der Waals surface area (Å²) in [4.78, 5) is 30.2. The van der Waals surface area contributed by atoms with E-state index in [9.17, 15) is 4.79 Å². The van der Waals surface area contributed by atoms with E-state index in [0.29, 0.717) is 6.54 Å². The van der Waals surface area contributed by atoms with Crippen LogP contribution >= 0.6 is 0 Å². The molecule has 0 bridgehead atoms. The van der Waals surface area contributed by atoms with Crippen molar-refractivity contribution in [1.82, 2.24) is 19.8 Å². The summed E-state index contributed by atoms with van der Waals surface area (Å²) in [5.74, 6) is 3.18. The molecule has 29 heavy (non-hydrogen) atoms. The van der Waals surface area contributed by atoms with Gasteiger partial charge in [0.15, 0.2) is 5.82 Å². The van der Waals surface area contributed by atoms with Crippen LogP contribution in [0.1, 0.15) is 74.5 Å². The first-order chi connectivity index (χ1) is 14.2. The van der Waals surface area contributed by atoms with E-state index in [4.69, 9.17) is 9.97 Å². The largest absolute Gasteiger partial charge is 0.356 e. The predicted octanol–water partition coefficient (Wildman–Crippen LogP) is 3.10. The minimum atomic E-state index is 0.0487. The van der Waals surface area contributed by atoms with Crippen molar-refractivity contribution in [3.63, 3.8) is 0 Å². The Morgan fingerprint density at radius 1 is 0.966 bits per heavy atom. The average molecular weight is 398 g/mol. The fraction of sp³-hybridized carbons (Fsp3) is 0.783. The van der Waals surface area contributed by atoms with Crippen molar-refractivity contribution in [2.75, 3.05) is 44.2 Å². The van der Waals surface area contributed by atoms with Crippen molar-refractivity contribution in [2.45, 2.75) is 70.8 Å². The third-order valence-electron chi connectivity index (χ3n) is 7.22. The summed E-state index contributed by atoms with van der Waals surface area (Å²) in [5, 5.41) is 0. The lowest BCUT2D eigenvalue weighted by Crippen LogP contribution is -2.44. The highest BCUT2D eigenvalue weighted by molar-refractivity contribution is 5.79. The van der Waals surface area contributed by atoms with Crippen molar-refractivity contribution in [3.05, 3.63) is 17.1 Å². The van der Waals surface area contributed by atoms with E-state index >= 15 is 0 Å². The number of carbonyl (C=O) groups excluding carboxylic acids is 1. The monoisotopic (exact) mass is 397 g/mol. The molecule has 0 N–H and O–H groups in total. The molecule has 1 atom stereocenters. The maximum absolute atomic E-state index is 13.1.